The second-order valence-corrected chi connectivity index (χ2v) is 4.21. The van der Waals surface area contributed by atoms with Crippen molar-refractivity contribution in [2.24, 2.45) is 0 Å². The van der Waals surface area contributed by atoms with Gasteiger partial charge in [0.25, 0.3) is 0 Å². The second-order valence-electron chi connectivity index (χ2n) is 4.21. The molecule has 1 N–H and O–H groups in total. The Bertz CT molecular complexity index is 337. The lowest BCUT2D eigenvalue weighted by Crippen LogP contribution is -2.22. The van der Waals surface area contributed by atoms with E-state index in [0.29, 0.717) is 11.8 Å². The third-order valence-electron chi connectivity index (χ3n) is 3.04. The van der Waals surface area contributed by atoms with Gasteiger partial charge in [0.15, 0.2) is 0 Å². The Morgan fingerprint density at radius 3 is 2.88 bits per heavy atom. The van der Waals surface area contributed by atoms with E-state index in [1.807, 2.05) is 18.3 Å². The van der Waals surface area contributed by atoms with Gasteiger partial charge in [0.2, 0.25) is 0 Å². The van der Waals surface area contributed by atoms with Crippen LogP contribution in [0.1, 0.15) is 25.1 Å². The number of pyridine rings is 1. The molecule has 0 aromatic carbocycles. The normalized spacial score (nSPS) is 22.4. The number of anilines is 1. The molecule has 0 bridgehead atoms. The van der Waals surface area contributed by atoms with E-state index < -0.39 is 6.10 Å². The maximum absolute atomic E-state index is 9.36. The van der Waals surface area contributed by atoms with Crippen molar-refractivity contribution in [3.05, 3.63) is 24.0 Å². The Morgan fingerprint density at radius 2 is 2.38 bits per heavy atom. The van der Waals surface area contributed by atoms with Crippen LogP contribution >= 0.6 is 0 Å². The van der Waals surface area contributed by atoms with E-state index >= 15 is 0 Å². The van der Waals surface area contributed by atoms with Crippen LogP contribution in [0.15, 0.2) is 18.3 Å². The lowest BCUT2D eigenvalue weighted by Gasteiger charge is -2.18. The summed E-state index contributed by atoms with van der Waals surface area (Å²) in [6.07, 6.45) is 2.71. The van der Waals surface area contributed by atoms with Crippen molar-refractivity contribution < 1.29 is 9.84 Å². The van der Waals surface area contributed by atoms with Gasteiger partial charge in [0, 0.05) is 20.2 Å². The van der Waals surface area contributed by atoms with E-state index in [-0.39, 0.29) is 0 Å². The molecule has 1 aliphatic heterocycles. The number of aromatic nitrogens is 1. The SMILES string of the molecule is COC1CCN(c2ccc([C@H](C)O)nc2)C1. The minimum absolute atomic E-state index is 0.330. The number of aliphatic hydroxyl groups excluding tert-OH is 1. The number of hydrogen-bond acceptors (Lipinski definition) is 4. The fourth-order valence-electron chi connectivity index (χ4n) is 1.99. The summed E-state index contributed by atoms with van der Waals surface area (Å²) in [4.78, 5) is 6.50. The number of nitrogens with zero attached hydrogens (tertiary/aromatic N) is 2. The van der Waals surface area contributed by atoms with E-state index in [0.717, 1.165) is 25.2 Å². The molecule has 0 saturated carbocycles. The minimum atomic E-state index is -0.501. The summed E-state index contributed by atoms with van der Waals surface area (Å²) >= 11 is 0. The summed E-state index contributed by atoms with van der Waals surface area (Å²) in [7, 11) is 1.75. The van der Waals surface area contributed by atoms with Crippen LogP contribution in [0.2, 0.25) is 0 Å². The van der Waals surface area contributed by atoms with Crippen molar-refractivity contribution in [2.45, 2.75) is 25.6 Å². The summed E-state index contributed by atoms with van der Waals surface area (Å²) < 4.78 is 5.32. The highest BCUT2D eigenvalue weighted by molar-refractivity contribution is 5.45. The van der Waals surface area contributed by atoms with E-state index in [1.54, 1.807) is 14.0 Å². The van der Waals surface area contributed by atoms with Gasteiger partial charge < -0.3 is 14.7 Å². The Morgan fingerprint density at radius 1 is 1.56 bits per heavy atom. The molecule has 4 nitrogen and oxygen atoms in total. The lowest BCUT2D eigenvalue weighted by molar-refractivity contribution is 0.121. The van der Waals surface area contributed by atoms with Crippen LogP contribution < -0.4 is 4.90 Å². The Labute approximate surface area is 95.9 Å². The van der Waals surface area contributed by atoms with Gasteiger partial charge in [-0.1, -0.05) is 0 Å². The molecule has 88 valence electrons. The second kappa shape index (κ2) is 4.80. The summed E-state index contributed by atoms with van der Waals surface area (Å²) in [5.74, 6) is 0. The maximum atomic E-state index is 9.36. The van der Waals surface area contributed by atoms with Crippen LogP contribution in [0.4, 0.5) is 5.69 Å². The Balaban J connectivity index is 2.05. The highest BCUT2D eigenvalue weighted by Crippen LogP contribution is 2.21. The zero-order valence-electron chi connectivity index (χ0n) is 9.76. The van der Waals surface area contributed by atoms with Crippen LogP contribution in [0, 0.1) is 0 Å². The van der Waals surface area contributed by atoms with Crippen LogP contribution in [0.3, 0.4) is 0 Å². The molecule has 2 heterocycles. The first kappa shape index (κ1) is 11.4. The van der Waals surface area contributed by atoms with Gasteiger partial charge in [-0.05, 0) is 25.5 Å². The van der Waals surface area contributed by atoms with E-state index in [2.05, 4.69) is 9.88 Å². The number of hydrogen-bond donors (Lipinski definition) is 1. The average Bonchev–Trinajstić information content (AvgIpc) is 2.77. The lowest BCUT2D eigenvalue weighted by atomic mass is 10.2. The molecule has 1 aromatic rings. The molecule has 0 spiro atoms. The molecular weight excluding hydrogens is 204 g/mol. The van der Waals surface area contributed by atoms with Crippen molar-refractivity contribution >= 4 is 5.69 Å². The van der Waals surface area contributed by atoms with Crippen LogP contribution in [-0.4, -0.2) is 36.4 Å². The first-order chi connectivity index (χ1) is 7.70. The zero-order valence-corrected chi connectivity index (χ0v) is 9.76. The first-order valence-corrected chi connectivity index (χ1v) is 5.62. The van der Waals surface area contributed by atoms with Gasteiger partial charge in [-0.15, -0.1) is 0 Å². The number of methoxy groups -OCH3 is 1. The number of ether oxygens (including phenoxy) is 1. The van der Waals surface area contributed by atoms with Gasteiger partial charge in [-0.3, -0.25) is 4.98 Å². The molecule has 1 saturated heterocycles. The predicted octanol–water partition coefficient (Wildman–Crippen LogP) is 1.36. The van der Waals surface area contributed by atoms with Crippen LogP contribution in [-0.2, 0) is 4.74 Å². The molecule has 1 aliphatic rings. The Hall–Kier alpha value is -1.13. The maximum Gasteiger partial charge on any atom is 0.0931 e. The molecule has 1 aromatic heterocycles. The van der Waals surface area contributed by atoms with E-state index in [9.17, 15) is 5.11 Å². The summed E-state index contributed by atoms with van der Waals surface area (Å²) in [6.45, 7) is 3.65. The third-order valence-corrected chi connectivity index (χ3v) is 3.04. The van der Waals surface area contributed by atoms with Crippen molar-refractivity contribution in [3.63, 3.8) is 0 Å². The number of aliphatic hydroxyl groups is 1. The molecule has 0 radical (unpaired) electrons. The fourth-order valence-corrected chi connectivity index (χ4v) is 1.99. The Kier molecular flexibility index (Phi) is 3.41. The molecule has 0 amide bonds. The van der Waals surface area contributed by atoms with Crippen molar-refractivity contribution in [1.29, 1.82) is 0 Å². The van der Waals surface area contributed by atoms with Crippen LogP contribution in [0.5, 0.6) is 0 Å². The highest BCUT2D eigenvalue weighted by atomic mass is 16.5. The van der Waals surface area contributed by atoms with E-state index in [1.165, 1.54) is 0 Å². The van der Waals surface area contributed by atoms with Gasteiger partial charge in [0.1, 0.15) is 0 Å². The highest BCUT2D eigenvalue weighted by Gasteiger charge is 2.22. The molecule has 1 fully saturated rings. The van der Waals surface area contributed by atoms with Gasteiger partial charge in [-0.2, -0.15) is 0 Å². The number of rotatable bonds is 3. The molecule has 1 unspecified atom stereocenters. The zero-order chi connectivity index (χ0) is 11.5. The smallest absolute Gasteiger partial charge is 0.0931 e. The molecular formula is C12H18N2O2. The fraction of sp³-hybridized carbons (Fsp3) is 0.583. The van der Waals surface area contributed by atoms with Crippen molar-refractivity contribution in [3.8, 4) is 0 Å². The van der Waals surface area contributed by atoms with Crippen molar-refractivity contribution in [1.82, 2.24) is 4.98 Å². The standard InChI is InChI=1S/C12H18N2O2/c1-9(15)12-4-3-10(7-13-12)14-6-5-11(8-14)16-2/h3-4,7,9,11,15H,5-6,8H2,1-2H3/t9-,11?/m0/s1. The predicted molar refractivity (Wildman–Crippen MR) is 62.5 cm³/mol. The molecule has 2 rings (SSSR count). The van der Waals surface area contributed by atoms with Crippen molar-refractivity contribution in [2.75, 3.05) is 25.1 Å². The van der Waals surface area contributed by atoms with Crippen LogP contribution in [0.25, 0.3) is 0 Å². The monoisotopic (exact) mass is 222 g/mol. The first-order valence-electron chi connectivity index (χ1n) is 5.62. The quantitative estimate of drug-likeness (QED) is 0.838. The molecule has 16 heavy (non-hydrogen) atoms. The third kappa shape index (κ3) is 2.33. The average molecular weight is 222 g/mol. The minimum Gasteiger partial charge on any atom is -0.387 e. The van der Waals surface area contributed by atoms with Gasteiger partial charge >= 0.3 is 0 Å². The molecule has 2 atom stereocenters. The summed E-state index contributed by atoms with van der Waals surface area (Å²) in [6, 6.07) is 3.88. The van der Waals surface area contributed by atoms with Gasteiger partial charge in [-0.25, -0.2) is 0 Å². The van der Waals surface area contributed by atoms with E-state index in [4.69, 9.17) is 4.74 Å². The summed E-state index contributed by atoms with van der Waals surface area (Å²) in [5, 5.41) is 9.36. The molecule has 0 aliphatic carbocycles. The summed E-state index contributed by atoms with van der Waals surface area (Å²) in [5.41, 5.74) is 1.81. The largest absolute Gasteiger partial charge is 0.387 e. The van der Waals surface area contributed by atoms with Gasteiger partial charge in [0.05, 0.1) is 29.8 Å². The molecule has 4 heteroatoms. The topological polar surface area (TPSA) is 45.6 Å².